The van der Waals surface area contributed by atoms with Crippen LogP contribution in [-0.2, 0) is 14.3 Å². The van der Waals surface area contributed by atoms with Gasteiger partial charge in [0.2, 0.25) is 0 Å². The fraction of sp³-hybridized carbons (Fsp3) is 0.619. The first-order chi connectivity index (χ1) is 14.4. The average Bonchev–Trinajstić information content (AvgIpc) is 2.78. The Kier molecular flexibility index (Phi) is 7.25. The topological polar surface area (TPSA) is 97.4 Å². The molecule has 0 saturated carbocycles. The van der Waals surface area contributed by atoms with Crippen molar-refractivity contribution in [1.29, 1.82) is 0 Å². The van der Waals surface area contributed by atoms with E-state index >= 15 is 0 Å². The van der Waals surface area contributed by atoms with Gasteiger partial charge in [0.1, 0.15) is 0 Å². The third kappa shape index (κ3) is 5.08. The van der Waals surface area contributed by atoms with Gasteiger partial charge >= 0.3 is 5.97 Å². The Morgan fingerprint density at radius 3 is 2.30 bits per heavy atom. The first-order valence-corrected chi connectivity index (χ1v) is 10.7. The lowest BCUT2D eigenvalue weighted by molar-refractivity contribution is -0.915. The first kappa shape index (κ1) is 22.0. The van der Waals surface area contributed by atoms with Crippen molar-refractivity contribution in [3.8, 4) is 0 Å². The Morgan fingerprint density at radius 2 is 1.77 bits per heavy atom. The molecule has 1 aromatic carbocycles. The third-order valence-corrected chi connectivity index (χ3v) is 6.24. The molecule has 2 aliphatic heterocycles. The van der Waals surface area contributed by atoms with Gasteiger partial charge in [0, 0.05) is 30.9 Å². The SMILES string of the molecule is CCOC(=O)C1CCN(C(=O)[C@@H](C)[NH+]2CCN(c3ccc([N+](=O)[O-])cc3)CC2)CC1. The highest BCUT2D eigenvalue weighted by Gasteiger charge is 2.35. The Labute approximate surface area is 176 Å². The summed E-state index contributed by atoms with van der Waals surface area (Å²) in [4.78, 5) is 40.6. The number of nitrogens with zero attached hydrogens (tertiary/aromatic N) is 3. The maximum atomic E-state index is 13.0. The highest BCUT2D eigenvalue weighted by atomic mass is 16.6. The van der Waals surface area contributed by atoms with Crippen molar-refractivity contribution in [2.24, 2.45) is 5.92 Å². The van der Waals surface area contributed by atoms with Gasteiger partial charge in [-0.05, 0) is 38.8 Å². The molecule has 9 heteroatoms. The molecule has 0 bridgehead atoms. The van der Waals surface area contributed by atoms with E-state index < -0.39 is 4.92 Å². The van der Waals surface area contributed by atoms with Crippen LogP contribution in [0.4, 0.5) is 11.4 Å². The molecule has 0 radical (unpaired) electrons. The number of carbonyl (C=O) groups excluding carboxylic acids is 2. The number of carbonyl (C=O) groups is 2. The molecular formula is C21H31N4O5+. The minimum atomic E-state index is -0.394. The van der Waals surface area contributed by atoms with Crippen LogP contribution < -0.4 is 9.80 Å². The minimum absolute atomic E-state index is 0.0916. The van der Waals surface area contributed by atoms with E-state index in [4.69, 9.17) is 4.74 Å². The van der Waals surface area contributed by atoms with E-state index in [9.17, 15) is 19.7 Å². The molecule has 2 aliphatic rings. The summed E-state index contributed by atoms with van der Waals surface area (Å²) in [5.41, 5.74) is 1.06. The standard InChI is InChI=1S/C21H30N4O5/c1-3-30-21(27)17-8-10-24(11-9-17)20(26)16(2)22-12-14-23(15-13-22)18-4-6-19(7-5-18)25(28)29/h4-7,16-17H,3,8-15H2,1-2H3/p+1/t16-/m1/s1. The number of anilines is 1. The smallest absolute Gasteiger partial charge is 0.309 e. The lowest BCUT2D eigenvalue weighted by Gasteiger charge is -2.38. The average molecular weight is 420 g/mol. The van der Waals surface area contributed by atoms with E-state index in [-0.39, 0.29) is 29.5 Å². The highest BCUT2D eigenvalue weighted by Crippen LogP contribution is 2.20. The second-order valence-corrected chi connectivity index (χ2v) is 7.99. The van der Waals surface area contributed by atoms with Crippen LogP contribution in [-0.4, -0.2) is 73.6 Å². The zero-order valence-corrected chi connectivity index (χ0v) is 17.7. The molecule has 2 heterocycles. The molecule has 2 saturated heterocycles. The molecule has 0 spiro atoms. The Balaban J connectivity index is 1.48. The molecular weight excluding hydrogens is 388 g/mol. The number of ether oxygens (including phenoxy) is 1. The number of nitro benzene ring substituents is 1. The van der Waals surface area contributed by atoms with Crippen LogP contribution in [0.15, 0.2) is 24.3 Å². The molecule has 1 amide bonds. The van der Waals surface area contributed by atoms with E-state index in [1.807, 2.05) is 18.7 Å². The van der Waals surface area contributed by atoms with E-state index in [1.54, 1.807) is 12.1 Å². The largest absolute Gasteiger partial charge is 0.466 e. The number of benzene rings is 1. The lowest BCUT2D eigenvalue weighted by Crippen LogP contribution is -3.19. The normalized spacial score (nSPS) is 19.4. The summed E-state index contributed by atoms with van der Waals surface area (Å²) in [6.45, 7) is 8.67. The Hall–Kier alpha value is -2.68. The molecule has 164 valence electrons. The van der Waals surface area contributed by atoms with Crippen LogP contribution in [0.1, 0.15) is 26.7 Å². The summed E-state index contributed by atoms with van der Waals surface area (Å²) in [5, 5.41) is 10.8. The summed E-state index contributed by atoms with van der Waals surface area (Å²) in [6.07, 6.45) is 1.33. The van der Waals surface area contributed by atoms with Crippen LogP contribution in [0.2, 0.25) is 0 Å². The van der Waals surface area contributed by atoms with Crippen LogP contribution in [0.3, 0.4) is 0 Å². The molecule has 1 aromatic rings. The predicted octanol–water partition coefficient (Wildman–Crippen LogP) is 0.490. The summed E-state index contributed by atoms with van der Waals surface area (Å²) >= 11 is 0. The molecule has 0 aliphatic carbocycles. The van der Waals surface area contributed by atoms with Gasteiger partial charge in [-0.1, -0.05) is 0 Å². The maximum Gasteiger partial charge on any atom is 0.309 e. The number of quaternary nitrogens is 1. The van der Waals surface area contributed by atoms with E-state index in [0.29, 0.717) is 32.5 Å². The van der Waals surface area contributed by atoms with Gasteiger partial charge in [-0.3, -0.25) is 19.7 Å². The zero-order valence-electron chi connectivity index (χ0n) is 17.7. The number of hydrogen-bond donors (Lipinski definition) is 1. The van der Waals surface area contributed by atoms with E-state index in [2.05, 4.69) is 4.90 Å². The Bertz CT molecular complexity index is 753. The summed E-state index contributed by atoms with van der Waals surface area (Å²) in [6, 6.07) is 6.50. The van der Waals surface area contributed by atoms with Crippen molar-refractivity contribution >= 4 is 23.3 Å². The summed E-state index contributed by atoms with van der Waals surface area (Å²) < 4.78 is 5.10. The molecule has 1 atom stereocenters. The highest BCUT2D eigenvalue weighted by molar-refractivity contribution is 5.80. The monoisotopic (exact) mass is 419 g/mol. The molecule has 0 aromatic heterocycles. The van der Waals surface area contributed by atoms with Gasteiger partial charge in [-0.15, -0.1) is 0 Å². The van der Waals surface area contributed by atoms with Crippen molar-refractivity contribution < 1.29 is 24.1 Å². The number of piperidine rings is 1. The van der Waals surface area contributed by atoms with Crippen molar-refractivity contribution in [1.82, 2.24) is 4.90 Å². The number of nitrogens with one attached hydrogen (secondary N) is 1. The number of amides is 1. The number of rotatable bonds is 6. The summed E-state index contributed by atoms with van der Waals surface area (Å²) in [5.74, 6) is -0.0939. The van der Waals surface area contributed by atoms with Crippen LogP contribution in [0.25, 0.3) is 0 Å². The lowest BCUT2D eigenvalue weighted by atomic mass is 9.96. The van der Waals surface area contributed by atoms with Gasteiger partial charge in [0.25, 0.3) is 11.6 Å². The van der Waals surface area contributed by atoms with Crippen molar-refractivity contribution in [2.45, 2.75) is 32.7 Å². The van der Waals surface area contributed by atoms with Crippen LogP contribution in [0, 0.1) is 16.0 Å². The minimum Gasteiger partial charge on any atom is -0.466 e. The van der Waals surface area contributed by atoms with Crippen LogP contribution in [0.5, 0.6) is 0 Å². The van der Waals surface area contributed by atoms with Crippen molar-refractivity contribution in [3.63, 3.8) is 0 Å². The fourth-order valence-electron chi connectivity index (χ4n) is 4.31. The fourth-order valence-corrected chi connectivity index (χ4v) is 4.31. The maximum absolute atomic E-state index is 13.0. The molecule has 3 rings (SSSR count). The third-order valence-electron chi connectivity index (χ3n) is 6.24. The van der Waals surface area contributed by atoms with Gasteiger partial charge in [-0.25, -0.2) is 0 Å². The van der Waals surface area contributed by atoms with Gasteiger partial charge in [0.05, 0.1) is 43.6 Å². The molecule has 30 heavy (non-hydrogen) atoms. The molecule has 0 unspecified atom stereocenters. The second-order valence-electron chi connectivity index (χ2n) is 7.99. The van der Waals surface area contributed by atoms with Crippen molar-refractivity contribution in [2.75, 3.05) is 50.8 Å². The number of likely N-dealkylation sites (tertiary alicyclic amines) is 1. The molecule has 9 nitrogen and oxygen atoms in total. The number of esters is 1. The van der Waals surface area contributed by atoms with E-state index in [0.717, 1.165) is 31.9 Å². The van der Waals surface area contributed by atoms with Gasteiger partial charge in [-0.2, -0.15) is 0 Å². The van der Waals surface area contributed by atoms with Gasteiger partial charge in [0.15, 0.2) is 6.04 Å². The van der Waals surface area contributed by atoms with Crippen molar-refractivity contribution in [3.05, 3.63) is 34.4 Å². The number of non-ortho nitro benzene ring substituents is 1. The summed E-state index contributed by atoms with van der Waals surface area (Å²) in [7, 11) is 0. The van der Waals surface area contributed by atoms with E-state index in [1.165, 1.54) is 17.0 Å². The van der Waals surface area contributed by atoms with Gasteiger partial charge < -0.3 is 19.4 Å². The molecule has 1 N–H and O–H groups in total. The second kappa shape index (κ2) is 9.88. The number of hydrogen-bond acceptors (Lipinski definition) is 6. The number of nitro groups is 1. The molecule has 2 fully saturated rings. The number of piperazine rings is 1. The Morgan fingerprint density at radius 1 is 1.17 bits per heavy atom. The zero-order chi connectivity index (χ0) is 21.7. The predicted molar refractivity (Wildman–Crippen MR) is 111 cm³/mol. The quantitative estimate of drug-likeness (QED) is 0.410. The first-order valence-electron chi connectivity index (χ1n) is 10.7. The van der Waals surface area contributed by atoms with Crippen LogP contribution >= 0.6 is 0 Å².